The molecule has 2 rings (SSSR count). The maximum atomic E-state index is 12.1. The predicted molar refractivity (Wildman–Crippen MR) is 98.0 cm³/mol. The molecule has 1 atom stereocenters. The molecule has 0 saturated heterocycles. The van der Waals surface area contributed by atoms with Crippen LogP contribution >= 0.6 is 0 Å². The first kappa shape index (κ1) is 19.0. The Morgan fingerprint density at radius 1 is 1.04 bits per heavy atom. The maximum Gasteiger partial charge on any atom is 0.279 e. The van der Waals surface area contributed by atoms with Crippen molar-refractivity contribution >= 4 is 23.2 Å². The third kappa shape index (κ3) is 5.61. The van der Waals surface area contributed by atoms with Crippen molar-refractivity contribution in [3.63, 3.8) is 0 Å². The van der Waals surface area contributed by atoms with Gasteiger partial charge in [-0.05, 0) is 36.4 Å². The van der Waals surface area contributed by atoms with Crippen molar-refractivity contribution in [3.8, 4) is 11.8 Å². The summed E-state index contributed by atoms with van der Waals surface area (Å²) in [6.45, 7) is 0.245. The Bertz CT molecular complexity index is 812. The zero-order valence-corrected chi connectivity index (χ0v) is 14.7. The van der Waals surface area contributed by atoms with Gasteiger partial charge in [-0.2, -0.15) is 5.26 Å². The molecule has 0 aromatic heterocycles. The topological polar surface area (TPSA) is 95.7 Å². The van der Waals surface area contributed by atoms with E-state index in [0.29, 0.717) is 22.7 Å². The number of nitrogens with zero attached hydrogens (tertiary/aromatic N) is 1. The van der Waals surface area contributed by atoms with E-state index in [-0.39, 0.29) is 24.9 Å². The monoisotopic (exact) mass is 353 g/mol. The molecule has 134 valence electrons. The largest absolute Gasteiger partial charge is 0.497 e. The molecule has 1 unspecified atom stereocenters. The van der Waals surface area contributed by atoms with E-state index in [1.165, 1.54) is 0 Å². The van der Waals surface area contributed by atoms with Crippen molar-refractivity contribution in [3.05, 3.63) is 54.1 Å². The normalized spacial score (nSPS) is 11.1. The minimum absolute atomic E-state index is 0.107. The van der Waals surface area contributed by atoms with Gasteiger partial charge in [-0.25, -0.2) is 0 Å². The van der Waals surface area contributed by atoms with Crippen LogP contribution in [0.2, 0.25) is 0 Å². The van der Waals surface area contributed by atoms with E-state index in [9.17, 15) is 9.59 Å². The number of para-hydroxylation sites is 1. The van der Waals surface area contributed by atoms with E-state index in [2.05, 4.69) is 10.6 Å². The number of rotatable bonds is 7. The van der Waals surface area contributed by atoms with E-state index >= 15 is 0 Å². The molecule has 2 amide bonds. The number of nitrogens with one attached hydrogen (secondary N) is 3. The van der Waals surface area contributed by atoms with E-state index in [4.69, 9.17) is 10.00 Å². The van der Waals surface area contributed by atoms with Crippen LogP contribution in [0.1, 0.15) is 5.56 Å². The number of quaternary nitrogens is 1. The van der Waals surface area contributed by atoms with Crippen LogP contribution in [0.5, 0.6) is 5.75 Å². The summed E-state index contributed by atoms with van der Waals surface area (Å²) < 4.78 is 5.07. The third-order valence-electron chi connectivity index (χ3n) is 3.62. The Morgan fingerprint density at radius 3 is 2.27 bits per heavy atom. The van der Waals surface area contributed by atoms with Gasteiger partial charge >= 0.3 is 0 Å². The SMILES string of the molecule is COc1ccc(NC(=O)C[NH+](C)CC(=O)Nc2ccccc2C#N)cc1. The minimum Gasteiger partial charge on any atom is -0.497 e. The molecular formula is C19H21N4O3+. The van der Waals surface area contributed by atoms with Crippen molar-refractivity contribution in [2.75, 3.05) is 37.9 Å². The standard InChI is InChI=1S/C19H20N4O3/c1-23(12-18(24)21-15-7-9-16(26-2)10-8-15)13-19(25)22-17-6-4-3-5-14(17)11-20/h3-10H,12-13H2,1-2H3,(H,21,24)(H,22,25)/p+1. The second-order valence-electron chi connectivity index (χ2n) is 5.79. The lowest BCUT2D eigenvalue weighted by atomic mass is 10.2. The summed E-state index contributed by atoms with van der Waals surface area (Å²) in [5.41, 5.74) is 1.53. The van der Waals surface area contributed by atoms with Crippen LogP contribution in [0.4, 0.5) is 11.4 Å². The summed E-state index contributed by atoms with van der Waals surface area (Å²) in [4.78, 5) is 24.9. The van der Waals surface area contributed by atoms with Crippen LogP contribution in [-0.2, 0) is 9.59 Å². The number of methoxy groups -OCH3 is 1. The van der Waals surface area contributed by atoms with Crippen LogP contribution < -0.4 is 20.3 Å². The van der Waals surface area contributed by atoms with E-state index in [1.54, 1.807) is 62.7 Å². The highest BCUT2D eigenvalue weighted by Gasteiger charge is 2.15. The first-order valence-electron chi connectivity index (χ1n) is 8.06. The Hall–Kier alpha value is -3.37. The Kier molecular flexibility index (Phi) is 6.71. The number of anilines is 2. The number of hydrogen-bond donors (Lipinski definition) is 3. The lowest BCUT2D eigenvalue weighted by Gasteiger charge is -2.14. The molecule has 2 aromatic carbocycles. The fraction of sp³-hybridized carbons (Fsp3) is 0.211. The minimum atomic E-state index is -0.262. The van der Waals surface area contributed by atoms with Gasteiger partial charge in [-0.15, -0.1) is 0 Å². The van der Waals surface area contributed by atoms with E-state index in [0.717, 1.165) is 4.90 Å². The molecule has 0 aliphatic carbocycles. The van der Waals surface area contributed by atoms with Gasteiger partial charge < -0.3 is 20.3 Å². The average Bonchev–Trinajstić information content (AvgIpc) is 2.62. The number of ether oxygens (including phenoxy) is 1. The van der Waals surface area contributed by atoms with Gasteiger partial charge in [0.2, 0.25) is 0 Å². The number of nitriles is 1. The molecule has 0 aliphatic rings. The van der Waals surface area contributed by atoms with Crippen molar-refractivity contribution in [1.82, 2.24) is 0 Å². The number of benzene rings is 2. The molecule has 7 heteroatoms. The smallest absolute Gasteiger partial charge is 0.279 e. The molecular weight excluding hydrogens is 332 g/mol. The Balaban J connectivity index is 1.83. The van der Waals surface area contributed by atoms with Gasteiger partial charge in [0.15, 0.2) is 13.1 Å². The fourth-order valence-corrected chi connectivity index (χ4v) is 2.37. The Morgan fingerprint density at radius 2 is 1.65 bits per heavy atom. The molecule has 0 radical (unpaired) electrons. The highest BCUT2D eigenvalue weighted by molar-refractivity contribution is 5.93. The van der Waals surface area contributed by atoms with Crippen LogP contribution in [-0.4, -0.2) is 39.1 Å². The van der Waals surface area contributed by atoms with Gasteiger partial charge in [0, 0.05) is 5.69 Å². The molecule has 0 saturated carbocycles. The number of carbonyl (C=O) groups excluding carboxylic acids is 2. The second kappa shape index (κ2) is 9.20. The van der Waals surface area contributed by atoms with Crippen LogP contribution in [0.3, 0.4) is 0 Å². The summed E-state index contributed by atoms with van der Waals surface area (Å²) in [7, 11) is 3.33. The summed E-state index contributed by atoms with van der Waals surface area (Å²) in [6.07, 6.45) is 0. The lowest BCUT2D eigenvalue weighted by Crippen LogP contribution is -3.11. The molecule has 7 nitrogen and oxygen atoms in total. The van der Waals surface area contributed by atoms with Gasteiger partial charge in [0.25, 0.3) is 11.8 Å². The van der Waals surface area contributed by atoms with Gasteiger partial charge in [-0.1, -0.05) is 12.1 Å². The molecule has 26 heavy (non-hydrogen) atoms. The summed E-state index contributed by atoms with van der Waals surface area (Å²) >= 11 is 0. The number of amides is 2. The highest BCUT2D eigenvalue weighted by Crippen LogP contribution is 2.14. The third-order valence-corrected chi connectivity index (χ3v) is 3.62. The van der Waals surface area contributed by atoms with E-state index in [1.807, 2.05) is 6.07 Å². The quantitative estimate of drug-likeness (QED) is 0.681. The van der Waals surface area contributed by atoms with Crippen LogP contribution in [0.15, 0.2) is 48.5 Å². The van der Waals surface area contributed by atoms with Gasteiger partial charge in [0.1, 0.15) is 11.8 Å². The summed E-state index contributed by atoms with van der Waals surface area (Å²) in [5.74, 6) is 0.250. The molecule has 0 heterocycles. The highest BCUT2D eigenvalue weighted by atomic mass is 16.5. The molecule has 3 N–H and O–H groups in total. The van der Waals surface area contributed by atoms with Crippen molar-refractivity contribution in [1.29, 1.82) is 5.26 Å². The molecule has 2 aromatic rings. The first-order valence-corrected chi connectivity index (χ1v) is 8.06. The Labute approximate surface area is 152 Å². The molecule has 0 spiro atoms. The zero-order valence-electron chi connectivity index (χ0n) is 14.7. The average molecular weight is 353 g/mol. The summed E-state index contributed by atoms with van der Waals surface area (Å²) in [5, 5.41) is 14.5. The van der Waals surface area contributed by atoms with Crippen LogP contribution in [0.25, 0.3) is 0 Å². The maximum absolute atomic E-state index is 12.1. The summed E-state index contributed by atoms with van der Waals surface area (Å²) in [6, 6.07) is 15.8. The molecule has 0 aliphatic heterocycles. The van der Waals surface area contributed by atoms with Crippen molar-refractivity contribution < 1.29 is 19.2 Å². The zero-order chi connectivity index (χ0) is 18.9. The van der Waals surface area contributed by atoms with Crippen LogP contribution in [0, 0.1) is 11.3 Å². The van der Waals surface area contributed by atoms with Gasteiger partial charge in [-0.3, -0.25) is 9.59 Å². The molecule has 0 fully saturated rings. The molecule has 0 bridgehead atoms. The number of hydrogen-bond acceptors (Lipinski definition) is 4. The fourth-order valence-electron chi connectivity index (χ4n) is 2.37. The number of likely N-dealkylation sites (N-methyl/N-ethyl adjacent to an activating group) is 1. The van der Waals surface area contributed by atoms with Gasteiger partial charge in [0.05, 0.1) is 25.4 Å². The lowest BCUT2D eigenvalue weighted by molar-refractivity contribution is -0.862. The van der Waals surface area contributed by atoms with E-state index < -0.39 is 0 Å². The van der Waals surface area contributed by atoms with Crippen molar-refractivity contribution in [2.24, 2.45) is 0 Å². The second-order valence-corrected chi connectivity index (χ2v) is 5.79. The van der Waals surface area contributed by atoms with Crippen molar-refractivity contribution in [2.45, 2.75) is 0 Å². The first-order chi connectivity index (χ1) is 12.5. The number of carbonyl (C=O) groups is 2. The predicted octanol–water partition coefficient (Wildman–Crippen LogP) is 0.659.